The molecule has 2 rings (SSSR count). The minimum atomic E-state index is -3.49. The lowest BCUT2D eigenvalue weighted by Crippen LogP contribution is -2.31. The highest BCUT2D eigenvalue weighted by Crippen LogP contribution is 2.48. The van der Waals surface area contributed by atoms with Gasteiger partial charge in [0.25, 0.3) is 0 Å². The summed E-state index contributed by atoms with van der Waals surface area (Å²) in [5.41, 5.74) is 4.97. The summed E-state index contributed by atoms with van der Waals surface area (Å²) < 4.78 is 28.5. The minimum Gasteiger partial charge on any atom is -0.770 e. The predicted molar refractivity (Wildman–Crippen MR) is 205 cm³/mol. The Bertz CT molecular complexity index is 1210. The number of nitrogens with one attached hydrogen (secondary N) is 3. The zero-order valence-electron chi connectivity index (χ0n) is 30.5. The molecule has 0 heterocycles. The number of benzene rings is 2. The Labute approximate surface area is 305 Å². The number of hydrogen-bond donors (Lipinski definition) is 3. The Morgan fingerprint density at radius 1 is 0.875 bits per heavy atom. The zero-order chi connectivity index (χ0) is 37.3. The molecule has 2 atom stereocenters. The molecule has 0 fully saturated rings. The van der Waals surface area contributed by atoms with Crippen molar-refractivity contribution in [3.05, 3.63) is 58.7 Å². The zero-order valence-corrected chi connectivity index (χ0v) is 34.7. The van der Waals surface area contributed by atoms with E-state index in [1.54, 1.807) is 18.9 Å². The van der Waals surface area contributed by atoms with Gasteiger partial charge in [-0.3, -0.25) is 4.57 Å². The lowest BCUT2D eigenvalue weighted by atomic mass is 10.1. The fraction of sp³-hybridized carbons (Fsp3) is 0.562. The van der Waals surface area contributed by atoms with Crippen molar-refractivity contribution in [2.24, 2.45) is 0 Å². The monoisotopic (exact) mass is 768 g/mol. The van der Waals surface area contributed by atoms with Crippen molar-refractivity contribution in [2.45, 2.75) is 67.7 Å². The first-order valence-corrected chi connectivity index (χ1v) is 20.6. The highest BCUT2D eigenvalue weighted by Gasteiger charge is 2.22. The molecule has 0 amide bonds. The van der Waals surface area contributed by atoms with Crippen LogP contribution in [0.25, 0.3) is 0 Å². The molecule has 0 spiro atoms. The molecule has 3 N–H and O–H groups in total. The summed E-state index contributed by atoms with van der Waals surface area (Å²) >= 11 is 4.78. The molecule has 0 radical (unpaired) electrons. The molecule has 11 nitrogen and oxygen atoms in total. The van der Waals surface area contributed by atoms with E-state index in [0.29, 0.717) is 11.4 Å². The summed E-state index contributed by atoms with van der Waals surface area (Å²) in [5.74, 6) is 0. The fourth-order valence-electron chi connectivity index (χ4n) is 3.57. The maximum atomic E-state index is 11.2. The van der Waals surface area contributed by atoms with Crippen LogP contribution >= 0.6 is 53.5 Å². The molecule has 48 heavy (non-hydrogen) atoms. The average Bonchev–Trinajstić information content (AvgIpc) is 3.04. The summed E-state index contributed by atoms with van der Waals surface area (Å²) in [6, 6.07) is 12.7. The van der Waals surface area contributed by atoms with Crippen molar-refractivity contribution >= 4 is 64.1 Å². The minimum absolute atomic E-state index is 0.0954. The van der Waals surface area contributed by atoms with Crippen LogP contribution in [0, 0.1) is 13.8 Å². The molecule has 0 aliphatic heterocycles. The number of carbonyl (C=O) groups excluding carboxylic acids is 2. The van der Waals surface area contributed by atoms with Crippen molar-refractivity contribution in [3.8, 4) is 0 Å². The number of hydrogen-bond acceptors (Lipinski definition) is 15. The Morgan fingerprint density at radius 3 is 1.75 bits per heavy atom. The van der Waals surface area contributed by atoms with E-state index in [0.717, 1.165) is 54.5 Å². The van der Waals surface area contributed by atoms with Crippen molar-refractivity contribution < 1.29 is 37.8 Å². The maximum Gasteiger partial charge on any atom is 0.371 e. The van der Waals surface area contributed by atoms with Gasteiger partial charge in [-0.05, 0) is 120 Å². The van der Waals surface area contributed by atoms with Crippen molar-refractivity contribution in [2.75, 3.05) is 62.4 Å². The molecule has 2 unspecified atom stereocenters. The van der Waals surface area contributed by atoms with Gasteiger partial charge in [0.15, 0.2) is 6.80 Å². The largest absolute Gasteiger partial charge is 0.770 e. The first-order valence-electron chi connectivity index (χ1n) is 14.8. The summed E-state index contributed by atoms with van der Waals surface area (Å²) in [5, 5.41) is 8.74. The lowest BCUT2D eigenvalue weighted by molar-refractivity contribution is -0.187. The number of thioether (sulfide) groups is 3. The van der Waals surface area contributed by atoms with Crippen molar-refractivity contribution in [1.29, 1.82) is 0 Å². The van der Waals surface area contributed by atoms with Gasteiger partial charge in [-0.1, -0.05) is 47.4 Å². The van der Waals surface area contributed by atoms with Gasteiger partial charge in [-0.15, -0.1) is 0 Å². The molecule has 0 aliphatic rings. The van der Waals surface area contributed by atoms with Crippen molar-refractivity contribution in [1.82, 2.24) is 16.0 Å². The van der Waals surface area contributed by atoms with Crippen LogP contribution in [0.2, 0.25) is 0 Å². The Morgan fingerprint density at radius 2 is 1.38 bits per heavy atom. The summed E-state index contributed by atoms with van der Waals surface area (Å²) in [7, 11) is 11.4. The molecule has 0 saturated carbocycles. The maximum absolute atomic E-state index is 11.2. The molecule has 2 aromatic carbocycles. The van der Waals surface area contributed by atoms with Gasteiger partial charge in [-0.2, -0.15) is 0 Å². The van der Waals surface area contributed by atoms with E-state index in [9.17, 15) is 19.0 Å². The van der Waals surface area contributed by atoms with E-state index < -0.39 is 6.80 Å². The average molecular weight is 769 g/mol. The molecule has 0 bridgehead atoms. The van der Waals surface area contributed by atoms with Gasteiger partial charge in [0, 0.05) is 48.4 Å². The number of carbonyl (C=O) groups is 2. The van der Waals surface area contributed by atoms with Crippen LogP contribution in [0.15, 0.2) is 46.2 Å². The third kappa shape index (κ3) is 24.0. The SMILES string of the molecule is CNCC(C)(C)SC(=O)OC.CNCc1cc(C)c(SC(=O)OC)c(C)c1.CNCc1ccc(SC(C)OC)cc1.COP(=O)([O-])SC. The number of methoxy groups -OCH3 is 3. The highest BCUT2D eigenvalue weighted by molar-refractivity contribution is 8.54. The molecular formula is C32H55N3O8PS4-. The normalized spacial score (nSPS) is 12.5. The Balaban J connectivity index is 0. The predicted octanol–water partition coefficient (Wildman–Crippen LogP) is 7.32. The van der Waals surface area contributed by atoms with Crippen LogP contribution in [0.1, 0.15) is 43.0 Å². The standard InChI is InChI=1S/C12H17NO2S.C11H17NOS.C7H15NO2S.C2H7O3PS/c1-8-5-10(7-13-3)6-9(2)11(8)16-12(14)15-4;1-9(13-3)14-11-6-4-10(5-7-11)8-12-2;1-7(2,5-8-3)11-6(9)10-4;1-5-6(3,4)7-2/h5-6,13H,7H2,1-4H3;4-7,9,12H,8H2,1-3H3;8H,5H2,1-4H3;1-2H3,(H,3,4)/p-1. The van der Waals surface area contributed by atoms with Crippen LogP contribution < -0.4 is 20.8 Å². The topological polar surface area (TPSA) is 147 Å². The van der Waals surface area contributed by atoms with Gasteiger partial charge in [0.05, 0.1) is 14.2 Å². The van der Waals surface area contributed by atoms with Crippen molar-refractivity contribution in [3.63, 3.8) is 0 Å². The van der Waals surface area contributed by atoms with Crippen LogP contribution in [-0.4, -0.2) is 83.2 Å². The molecule has 2 aromatic rings. The number of ether oxygens (including phenoxy) is 3. The third-order valence-electron chi connectivity index (χ3n) is 5.77. The molecular weight excluding hydrogens is 714 g/mol. The van der Waals surface area contributed by atoms with Gasteiger partial charge in [0.1, 0.15) is 5.44 Å². The Kier molecular flexibility index (Phi) is 28.0. The second-order valence-corrected chi connectivity index (χ2v) is 18.4. The van der Waals surface area contributed by atoms with Gasteiger partial charge in [0.2, 0.25) is 0 Å². The molecule has 0 aliphatic carbocycles. The molecule has 0 aromatic heterocycles. The first kappa shape index (κ1) is 48.9. The smallest absolute Gasteiger partial charge is 0.371 e. The van der Waals surface area contributed by atoms with Gasteiger partial charge < -0.3 is 39.6 Å². The summed E-state index contributed by atoms with van der Waals surface area (Å²) in [4.78, 5) is 34.4. The van der Waals surface area contributed by atoms with E-state index in [2.05, 4.69) is 66.3 Å². The first-order chi connectivity index (χ1) is 22.5. The number of rotatable bonds is 13. The number of aryl methyl sites for hydroxylation is 2. The van der Waals surface area contributed by atoms with Crippen LogP contribution in [0.5, 0.6) is 0 Å². The van der Waals surface area contributed by atoms with E-state index in [1.807, 2.05) is 55.8 Å². The van der Waals surface area contributed by atoms with E-state index in [4.69, 9.17) is 4.74 Å². The molecule has 276 valence electrons. The second kappa shape index (κ2) is 27.5. The quantitative estimate of drug-likeness (QED) is 0.0809. The fourth-order valence-corrected chi connectivity index (χ4v) is 6.38. The van der Waals surface area contributed by atoms with Gasteiger partial charge in [-0.25, -0.2) is 9.59 Å². The van der Waals surface area contributed by atoms with E-state index in [-0.39, 0.29) is 20.8 Å². The third-order valence-corrected chi connectivity index (χ3v) is 11.7. The van der Waals surface area contributed by atoms with Gasteiger partial charge >= 0.3 is 10.6 Å². The van der Waals surface area contributed by atoms with E-state index >= 15 is 0 Å². The summed E-state index contributed by atoms with van der Waals surface area (Å²) in [6.45, 7) is 9.11. The van der Waals surface area contributed by atoms with Crippen LogP contribution in [0.3, 0.4) is 0 Å². The Hall–Kier alpha value is -1.23. The lowest BCUT2D eigenvalue weighted by Gasteiger charge is -2.21. The van der Waals surface area contributed by atoms with E-state index in [1.165, 1.54) is 48.3 Å². The van der Waals surface area contributed by atoms with Crippen LogP contribution in [0.4, 0.5) is 9.59 Å². The highest BCUT2D eigenvalue weighted by atomic mass is 32.7. The second-order valence-electron chi connectivity index (χ2n) is 10.4. The summed E-state index contributed by atoms with van der Waals surface area (Å²) in [6.07, 6.45) is 1.46. The molecule has 16 heteroatoms. The molecule has 0 saturated heterocycles. The van der Waals surface area contributed by atoms with Crippen LogP contribution in [-0.2, 0) is 36.4 Å².